The summed E-state index contributed by atoms with van der Waals surface area (Å²) in [5, 5.41) is 8.94. The lowest BCUT2D eigenvalue weighted by molar-refractivity contribution is 0.234. The number of hydroxylamine groups is 1. The molecule has 16 heavy (non-hydrogen) atoms. The highest BCUT2D eigenvalue weighted by molar-refractivity contribution is 5.97. The predicted octanol–water partition coefficient (Wildman–Crippen LogP) is 1.33. The summed E-state index contributed by atoms with van der Waals surface area (Å²) in [6.07, 6.45) is 5.28. The molecule has 0 aliphatic carbocycles. The first-order valence-corrected chi connectivity index (χ1v) is 4.77. The molecule has 0 atom stereocenters. The Morgan fingerprint density at radius 3 is 3.06 bits per heavy atom. The molecule has 0 unspecified atom stereocenters. The van der Waals surface area contributed by atoms with Gasteiger partial charge in [-0.1, -0.05) is 12.7 Å². The second-order valence-corrected chi connectivity index (χ2v) is 3.22. The Hall–Kier alpha value is -2.14. The number of nitrogens with zero attached hydrogens (tertiary/aromatic N) is 3. The number of aromatic nitrogens is 2. The SMILES string of the molecule is C=Cc1ccc2ncc(C(=NC)NO)n2c1. The maximum Gasteiger partial charge on any atom is 0.170 e. The van der Waals surface area contributed by atoms with Gasteiger partial charge in [0, 0.05) is 13.2 Å². The van der Waals surface area contributed by atoms with Crippen molar-refractivity contribution in [1.29, 1.82) is 0 Å². The third-order valence-electron chi connectivity index (χ3n) is 2.34. The van der Waals surface area contributed by atoms with Crippen LogP contribution in [-0.2, 0) is 0 Å². The van der Waals surface area contributed by atoms with Crippen molar-refractivity contribution >= 4 is 17.6 Å². The van der Waals surface area contributed by atoms with E-state index in [4.69, 9.17) is 5.21 Å². The number of amidine groups is 1. The molecule has 0 aliphatic heterocycles. The zero-order valence-corrected chi connectivity index (χ0v) is 8.88. The summed E-state index contributed by atoms with van der Waals surface area (Å²) < 4.78 is 1.84. The highest BCUT2D eigenvalue weighted by Crippen LogP contribution is 2.10. The van der Waals surface area contributed by atoms with Gasteiger partial charge in [0.2, 0.25) is 0 Å². The molecular weight excluding hydrogens is 204 g/mol. The van der Waals surface area contributed by atoms with Gasteiger partial charge < -0.3 is 0 Å². The summed E-state index contributed by atoms with van der Waals surface area (Å²) >= 11 is 0. The summed E-state index contributed by atoms with van der Waals surface area (Å²) in [4.78, 5) is 8.13. The van der Waals surface area contributed by atoms with Gasteiger partial charge in [0.15, 0.2) is 5.84 Å². The molecule has 0 aliphatic rings. The molecule has 0 bridgehead atoms. The lowest BCUT2D eigenvalue weighted by Gasteiger charge is -2.04. The first-order chi connectivity index (χ1) is 7.80. The second kappa shape index (κ2) is 4.16. The normalized spacial score (nSPS) is 11.8. The molecule has 2 aromatic heterocycles. The average molecular weight is 216 g/mol. The molecule has 0 saturated carbocycles. The van der Waals surface area contributed by atoms with Gasteiger partial charge in [0.1, 0.15) is 11.3 Å². The van der Waals surface area contributed by atoms with Gasteiger partial charge in [-0.2, -0.15) is 0 Å². The number of aliphatic imine (C=N–C) groups is 1. The van der Waals surface area contributed by atoms with Crippen molar-refractivity contribution in [2.75, 3.05) is 7.05 Å². The number of hydrogen-bond donors (Lipinski definition) is 2. The molecule has 0 saturated heterocycles. The van der Waals surface area contributed by atoms with Crippen LogP contribution in [0, 0.1) is 0 Å². The molecule has 0 spiro atoms. The molecule has 0 fully saturated rings. The van der Waals surface area contributed by atoms with E-state index in [9.17, 15) is 0 Å². The quantitative estimate of drug-likeness (QED) is 0.452. The van der Waals surface area contributed by atoms with Crippen molar-refractivity contribution in [3.05, 3.63) is 42.4 Å². The molecule has 0 amide bonds. The van der Waals surface area contributed by atoms with Crippen LogP contribution in [0.4, 0.5) is 0 Å². The lowest BCUT2D eigenvalue weighted by atomic mass is 10.3. The van der Waals surface area contributed by atoms with Crippen LogP contribution in [0.3, 0.4) is 0 Å². The van der Waals surface area contributed by atoms with E-state index >= 15 is 0 Å². The Morgan fingerprint density at radius 1 is 1.62 bits per heavy atom. The van der Waals surface area contributed by atoms with Crippen molar-refractivity contribution in [3.63, 3.8) is 0 Å². The van der Waals surface area contributed by atoms with Crippen LogP contribution in [0.2, 0.25) is 0 Å². The van der Waals surface area contributed by atoms with Gasteiger partial charge in [0.25, 0.3) is 0 Å². The van der Waals surface area contributed by atoms with Gasteiger partial charge in [-0.3, -0.25) is 20.1 Å². The van der Waals surface area contributed by atoms with E-state index in [0.717, 1.165) is 11.2 Å². The Morgan fingerprint density at radius 2 is 2.44 bits per heavy atom. The summed E-state index contributed by atoms with van der Waals surface area (Å²) in [5.41, 5.74) is 4.51. The van der Waals surface area contributed by atoms with E-state index in [1.54, 1.807) is 19.3 Å². The average Bonchev–Trinajstić information content (AvgIpc) is 2.74. The molecule has 2 N–H and O–H groups in total. The van der Waals surface area contributed by atoms with E-state index in [2.05, 4.69) is 16.6 Å². The van der Waals surface area contributed by atoms with E-state index in [1.807, 2.05) is 28.2 Å². The Balaban J connectivity index is 2.66. The number of pyridine rings is 1. The van der Waals surface area contributed by atoms with Crippen molar-refractivity contribution < 1.29 is 5.21 Å². The Labute approximate surface area is 92.7 Å². The van der Waals surface area contributed by atoms with Gasteiger partial charge in [0.05, 0.1) is 6.20 Å². The first kappa shape index (κ1) is 10.4. The Kier molecular flexibility index (Phi) is 2.70. The minimum absolute atomic E-state index is 0.369. The third-order valence-corrected chi connectivity index (χ3v) is 2.34. The fourth-order valence-corrected chi connectivity index (χ4v) is 1.51. The van der Waals surface area contributed by atoms with E-state index in [-0.39, 0.29) is 0 Å². The van der Waals surface area contributed by atoms with Crippen molar-refractivity contribution in [1.82, 2.24) is 14.9 Å². The van der Waals surface area contributed by atoms with Crippen LogP contribution in [0.1, 0.15) is 11.3 Å². The van der Waals surface area contributed by atoms with Crippen molar-refractivity contribution in [3.8, 4) is 0 Å². The maximum absolute atomic E-state index is 8.94. The summed E-state index contributed by atoms with van der Waals surface area (Å²) in [6, 6.07) is 3.80. The maximum atomic E-state index is 8.94. The van der Waals surface area contributed by atoms with Gasteiger partial charge in [-0.05, 0) is 17.7 Å². The molecule has 82 valence electrons. The minimum atomic E-state index is 0.369. The lowest BCUT2D eigenvalue weighted by Crippen LogP contribution is -2.21. The molecular formula is C11H12N4O. The topological polar surface area (TPSA) is 61.9 Å². The molecule has 2 aromatic rings. The van der Waals surface area contributed by atoms with Crippen LogP contribution >= 0.6 is 0 Å². The molecule has 2 rings (SSSR count). The highest BCUT2D eigenvalue weighted by Gasteiger charge is 2.08. The fourth-order valence-electron chi connectivity index (χ4n) is 1.51. The third kappa shape index (κ3) is 1.57. The molecule has 0 aromatic carbocycles. The number of hydrogen-bond acceptors (Lipinski definition) is 3. The first-order valence-electron chi connectivity index (χ1n) is 4.77. The highest BCUT2D eigenvalue weighted by atomic mass is 16.5. The van der Waals surface area contributed by atoms with Crippen molar-refractivity contribution in [2.24, 2.45) is 4.99 Å². The van der Waals surface area contributed by atoms with E-state index < -0.39 is 0 Å². The molecule has 5 nitrogen and oxygen atoms in total. The summed E-state index contributed by atoms with van der Waals surface area (Å²) in [6.45, 7) is 3.71. The van der Waals surface area contributed by atoms with Gasteiger partial charge in [-0.15, -0.1) is 0 Å². The Bertz CT molecular complexity index is 556. The van der Waals surface area contributed by atoms with Crippen molar-refractivity contribution in [2.45, 2.75) is 0 Å². The number of imidazole rings is 1. The number of fused-ring (bicyclic) bond motifs is 1. The van der Waals surface area contributed by atoms with Crippen LogP contribution in [0.15, 0.2) is 36.1 Å². The summed E-state index contributed by atoms with van der Waals surface area (Å²) in [5.74, 6) is 0.369. The molecule has 5 heteroatoms. The largest absolute Gasteiger partial charge is 0.296 e. The second-order valence-electron chi connectivity index (χ2n) is 3.22. The van der Waals surface area contributed by atoms with Gasteiger partial charge >= 0.3 is 0 Å². The number of nitrogens with one attached hydrogen (secondary N) is 1. The van der Waals surface area contributed by atoms with E-state index in [1.165, 1.54) is 0 Å². The predicted molar refractivity (Wildman–Crippen MR) is 62.7 cm³/mol. The molecule has 2 heterocycles. The smallest absolute Gasteiger partial charge is 0.170 e. The molecule has 0 radical (unpaired) electrons. The number of rotatable bonds is 2. The van der Waals surface area contributed by atoms with Crippen LogP contribution in [0.5, 0.6) is 0 Å². The van der Waals surface area contributed by atoms with Crippen LogP contribution in [-0.4, -0.2) is 27.5 Å². The van der Waals surface area contributed by atoms with E-state index in [0.29, 0.717) is 11.5 Å². The minimum Gasteiger partial charge on any atom is -0.296 e. The standard InChI is InChI=1S/C11H12N4O/c1-3-8-4-5-10-13-6-9(15(10)7-8)11(12-2)14-16/h3-7,16H,1H2,2H3,(H,12,14). The van der Waals surface area contributed by atoms with Crippen LogP contribution < -0.4 is 5.48 Å². The zero-order chi connectivity index (χ0) is 11.5. The zero-order valence-electron chi connectivity index (χ0n) is 8.88. The fraction of sp³-hybridized carbons (Fsp3) is 0.0909. The van der Waals surface area contributed by atoms with Gasteiger partial charge in [-0.25, -0.2) is 4.98 Å². The van der Waals surface area contributed by atoms with Crippen LogP contribution in [0.25, 0.3) is 11.7 Å². The monoisotopic (exact) mass is 216 g/mol. The summed E-state index contributed by atoms with van der Waals surface area (Å²) in [7, 11) is 1.59.